The topological polar surface area (TPSA) is 9.23 Å². The van der Waals surface area contributed by atoms with Gasteiger partial charge in [0.15, 0.2) is 0 Å². The van der Waals surface area contributed by atoms with Crippen LogP contribution in [0.2, 0.25) is 0 Å². The largest absolute Gasteiger partial charge is 0.364 e. The molecule has 0 N–H and O–H groups in total. The molecule has 1 radical (unpaired) electrons. The lowest BCUT2D eigenvalue weighted by Crippen LogP contribution is -2.03. The first-order chi connectivity index (χ1) is 3.29. The molecule has 1 aliphatic rings. The Kier molecular flexibility index (Phi) is 1.60. The van der Waals surface area contributed by atoms with Crippen molar-refractivity contribution in [2.75, 3.05) is 5.75 Å². The van der Waals surface area contributed by atoms with Gasteiger partial charge in [-0.3, -0.25) is 0 Å². The van der Waals surface area contributed by atoms with E-state index in [-0.39, 0.29) is 6.10 Å². The average Bonchev–Trinajstić information content (AvgIpc) is 1.87. The SMILES string of the molecule is [CH2]C1CSC(C)O1. The van der Waals surface area contributed by atoms with Crippen molar-refractivity contribution in [2.24, 2.45) is 0 Å². The lowest BCUT2D eigenvalue weighted by Gasteiger charge is -1.99. The molecule has 0 aromatic rings. The minimum absolute atomic E-state index is 0.236. The molecule has 0 aromatic carbocycles. The molecule has 7 heavy (non-hydrogen) atoms. The molecule has 1 aliphatic heterocycles. The Hall–Kier alpha value is 0.310. The second-order valence-electron chi connectivity index (χ2n) is 1.66. The molecule has 2 heteroatoms. The van der Waals surface area contributed by atoms with Gasteiger partial charge in [0, 0.05) is 5.75 Å². The van der Waals surface area contributed by atoms with Crippen molar-refractivity contribution in [3.8, 4) is 0 Å². The average molecular weight is 117 g/mol. The van der Waals surface area contributed by atoms with E-state index in [9.17, 15) is 0 Å². The van der Waals surface area contributed by atoms with Crippen LogP contribution in [0.5, 0.6) is 0 Å². The monoisotopic (exact) mass is 117 g/mol. The maximum Gasteiger partial charge on any atom is 0.100 e. The zero-order valence-electron chi connectivity index (χ0n) is 4.39. The van der Waals surface area contributed by atoms with Crippen molar-refractivity contribution < 1.29 is 4.74 Å². The molecular formula is C5H9OS. The summed E-state index contributed by atoms with van der Waals surface area (Å²) < 4.78 is 5.21. The third-order valence-corrected chi connectivity index (χ3v) is 2.05. The van der Waals surface area contributed by atoms with E-state index in [2.05, 4.69) is 13.8 Å². The third-order valence-electron chi connectivity index (χ3n) is 0.901. The zero-order chi connectivity index (χ0) is 5.28. The van der Waals surface area contributed by atoms with Gasteiger partial charge in [-0.2, -0.15) is 0 Å². The Morgan fingerprint density at radius 2 is 2.57 bits per heavy atom. The quantitative estimate of drug-likeness (QED) is 0.473. The first-order valence-corrected chi connectivity index (χ1v) is 3.44. The number of thioether (sulfide) groups is 1. The van der Waals surface area contributed by atoms with Crippen LogP contribution in [0.15, 0.2) is 0 Å². The third kappa shape index (κ3) is 1.35. The highest BCUT2D eigenvalue weighted by atomic mass is 32.2. The summed E-state index contributed by atoms with van der Waals surface area (Å²) in [5.74, 6) is 1.06. The Labute approximate surface area is 48.4 Å². The summed E-state index contributed by atoms with van der Waals surface area (Å²) in [5.41, 5.74) is 0.377. The fourth-order valence-corrected chi connectivity index (χ4v) is 1.39. The molecule has 0 amide bonds. The van der Waals surface area contributed by atoms with Crippen LogP contribution in [0.25, 0.3) is 0 Å². The van der Waals surface area contributed by atoms with Gasteiger partial charge in [0.2, 0.25) is 0 Å². The van der Waals surface area contributed by atoms with Gasteiger partial charge in [0.25, 0.3) is 0 Å². The highest BCUT2D eigenvalue weighted by molar-refractivity contribution is 7.99. The van der Waals surface area contributed by atoms with E-state index in [0.717, 1.165) is 5.75 Å². The van der Waals surface area contributed by atoms with E-state index < -0.39 is 0 Å². The lowest BCUT2D eigenvalue weighted by atomic mass is 10.5. The summed E-state index contributed by atoms with van der Waals surface area (Å²) in [4.78, 5) is 0. The number of rotatable bonds is 0. The number of hydrogen-bond donors (Lipinski definition) is 0. The van der Waals surface area contributed by atoms with E-state index in [4.69, 9.17) is 4.74 Å². The summed E-state index contributed by atoms with van der Waals surface area (Å²) in [7, 11) is 0. The first-order valence-electron chi connectivity index (χ1n) is 2.39. The van der Waals surface area contributed by atoms with Gasteiger partial charge in [0.05, 0.1) is 6.10 Å². The normalized spacial score (nSPS) is 42.0. The van der Waals surface area contributed by atoms with Crippen molar-refractivity contribution >= 4 is 11.8 Å². The van der Waals surface area contributed by atoms with Gasteiger partial charge in [0.1, 0.15) is 5.44 Å². The van der Waals surface area contributed by atoms with Crippen LogP contribution in [0.1, 0.15) is 6.92 Å². The molecule has 1 fully saturated rings. The summed E-state index contributed by atoms with van der Waals surface area (Å²) >= 11 is 1.82. The number of hydrogen-bond acceptors (Lipinski definition) is 2. The fourth-order valence-electron chi connectivity index (χ4n) is 0.592. The minimum Gasteiger partial charge on any atom is -0.364 e. The Morgan fingerprint density at radius 3 is 2.71 bits per heavy atom. The van der Waals surface area contributed by atoms with Crippen LogP contribution in [0, 0.1) is 6.92 Å². The molecule has 0 aliphatic carbocycles. The van der Waals surface area contributed by atoms with Crippen LogP contribution in [0.3, 0.4) is 0 Å². The van der Waals surface area contributed by atoms with Crippen LogP contribution >= 0.6 is 11.8 Å². The van der Waals surface area contributed by atoms with Crippen molar-refractivity contribution in [1.29, 1.82) is 0 Å². The van der Waals surface area contributed by atoms with Crippen LogP contribution in [0.4, 0.5) is 0 Å². The standard InChI is InChI=1S/C5H9OS/c1-4-3-7-5(2)6-4/h4-5H,1,3H2,2H3. The highest BCUT2D eigenvalue weighted by Gasteiger charge is 2.16. The first kappa shape index (κ1) is 5.45. The second-order valence-corrected chi connectivity index (χ2v) is 2.99. The Morgan fingerprint density at radius 1 is 1.86 bits per heavy atom. The predicted molar refractivity (Wildman–Crippen MR) is 32.1 cm³/mol. The molecule has 1 rings (SSSR count). The zero-order valence-corrected chi connectivity index (χ0v) is 5.20. The molecule has 2 unspecified atom stereocenters. The minimum atomic E-state index is 0.236. The van der Waals surface area contributed by atoms with E-state index in [1.54, 1.807) is 0 Å². The van der Waals surface area contributed by atoms with Crippen LogP contribution in [-0.4, -0.2) is 17.3 Å². The molecule has 2 atom stereocenters. The van der Waals surface area contributed by atoms with Gasteiger partial charge in [-0.25, -0.2) is 0 Å². The van der Waals surface area contributed by atoms with Gasteiger partial charge >= 0.3 is 0 Å². The van der Waals surface area contributed by atoms with E-state index in [0.29, 0.717) is 5.44 Å². The summed E-state index contributed by atoms with van der Waals surface area (Å²) in [6.45, 7) is 5.80. The molecule has 1 nitrogen and oxygen atoms in total. The second kappa shape index (κ2) is 2.05. The van der Waals surface area contributed by atoms with Crippen molar-refractivity contribution in [3.63, 3.8) is 0 Å². The fraction of sp³-hybridized carbons (Fsp3) is 0.800. The molecule has 0 aromatic heterocycles. The smallest absolute Gasteiger partial charge is 0.100 e. The van der Waals surface area contributed by atoms with Gasteiger partial charge < -0.3 is 4.74 Å². The van der Waals surface area contributed by atoms with Crippen molar-refractivity contribution in [2.45, 2.75) is 18.5 Å². The van der Waals surface area contributed by atoms with E-state index in [1.807, 2.05) is 11.8 Å². The van der Waals surface area contributed by atoms with E-state index in [1.165, 1.54) is 0 Å². The van der Waals surface area contributed by atoms with Crippen LogP contribution in [-0.2, 0) is 4.74 Å². The lowest BCUT2D eigenvalue weighted by molar-refractivity contribution is 0.105. The maximum atomic E-state index is 5.21. The van der Waals surface area contributed by atoms with Crippen LogP contribution < -0.4 is 0 Å². The van der Waals surface area contributed by atoms with Crippen molar-refractivity contribution in [3.05, 3.63) is 6.92 Å². The molecule has 1 heterocycles. The highest BCUT2D eigenvalue weighted by Crippen LogP contribution is 2.23. The maximum absolute atomic E-state index is 5.21. The molecule has 0 spiro atoms. The Balaban J connectivity index is 2.26. The molecule has 41 valence electrons. The van der Waals surface area contributed by atoms with Gasteiger partial charge in [-0.1, -0.05) is 0 Å². The molecule has 1 saturated heterocycles. The number of ether oxygens (including phenoxy) is 1. The Bertz CT molecular complexity index is 57.1. The summed E-state index contributed by atoms with van der Waals surface area (Å²) in [6, 6.07) is 0. The predicted octanol–water partition coefficient (Wildman–Crippen LogP) is 1.30. The van der Waals surface area contributed by atoms with E-state index >= 15 is 0 Å². The summed E-state index contributed by atoms with van der Waals surface area (Å²) in [5, 5.41) is 0. The van der Waals surface area contributed by atoms with Gasteiger partial charge in [-0.05, 0) is 13.8 Å². The molecule has 0 saturated carbocycles. The van der Waals surface area contributed by atoms with Crippen molar-refractivity contribution in [1.82, 2.24) is 0 Å². The summed E-state index contributed by atoms with van der Waals surface area (Å²) in [6.07, 6.45) is 0.236. The molecule has 0 bridgehead atoms. The van der Waals surface area contributed by atoms with Gasteiger partial charge in [-0.15, -0.1) is 11.8 Å². The molecular weight excluding hydrogens is 108 g/mol.